The smallest absolute Gasteiger partial charge is 0.250 e. The van der Waals surface area contributed by atoms with Gasteiger partial charge in [-0.15, -0.1) is 0 Å². The minimum absolute atomic E-state index is 0.0689. The van der Waals surface area contributed by atoms with Crippen LogP contribution in [0.4, 0.5) is 0 Å². The summed E-state index contributed by atoms with van der Waals surface area (Å²) in [6.07, 6.45) is 2.21. The fourth-order valence-electron chi connectivity index (χ4n) is 2.90. The van der Waals surface area contributed by atoms with Crippen LogP contribution in [-0.4, -0.2) is 33.8 Å². The lowest BCUT2D eigenvalue weighted by atomic mass is 10.00. The number of hydrogen-bond donors (Lipinski definition) is 1. The molecule has 0 bridgehead atoms. The highest BCUT2D eigenvalue weighted by Crippen LogP contribution is 2.18. The van der Waals surface area contributed by atoms with Crippen molar-refractivity contribution in [1.82, 2.24) is 9.47 Å². The summed E-state index contributed by atoms with van der Waals surface area (Å²) in [6.45, 7) is 2.77. The third kappa shape index (κ3) is 3.40. The Bertz CT molecular complexity index is 666. The molecule has 0 saturated carbocycles. The Balaban J connectivity index is 1.60. The van der Waals surface area contributed by atoms with E-state index in [1.54, 1.807) is 16.8 Å². The number of aliphatic hydroxyl groups excluding tert-OH is 1. The van der Waals surface area contributed by atoms with Crippen LogP contribution in [0.25, 0.3) is 0 Å². The summed E-state index contributed by atoms with van der Waals surface area (Å²) in [5.74, 6) is 0. The van der Waals surface area contributed by atoms with Crippen LogP contribution >= 0.6 is 0 Å². The molecule has 1 N–H and O–H groups in total. The lowest BCUT2D eigenvalue weighted by Gasteiger charge is -2.30. The molecule has 0 spiro atoms. The van der Waals surface area contributed by atoms with E-state index in [4.69, 9.17) is 0 Å². The van der Waals surface area contributed by atoms with Crippen LogP contribution in [0.2, 0.25) is 0 Å². The predicted molar refractivity (Wildman–Crippen MR) is 82.1 cm³/mol. The zero-order valence-corrected chi connectivity index (χ0v) is 12.0. The number of aliphatic hydroxyl groups is 1. The normalized spacial score (nSPS) is 16.4. The van der Waals surface area contributed by atoms with Gasteiger partial charge in [0, 0.05) is 31.9 Å². The Morgan fingerprint density at radius 3 is 2.62 bits per heavy atom. The fraction of sp³-hybridized carbons (Fsp3) is 0.353. The standard InChI is InChI=1S/C17H20N2O2/c20-16(13-19-9-4-3-7-17(19)21)12-18-10-8-14-5-1-2-6-15(14)11-18/h1-7,9,16,20H,8,10-13H2. The second kappa shape index (κ2) is 6.24. The number of rotatable bonds is 4. The van der Waals surface area contributed by atoms with Gasteiger partial charge in [-0.05, 0) is 23.6 Å². The van der Waals surface area contributed by atoms with Crippen molar-refractivity contribution in [3.63, 3.8) is 0 Å². The maximum atomic E-state index is 11.6. The lowest BCUT2D eigenvalue weighted by molar-refractivity contribution is 0.0910. The summed E-state index contributed by atoms with van der Waals surface area (Å²) in [7, 11) is 0. The number of hydrogen-bond acceptors (Lipinski definition) is 3. The van der Waals surface area contributed by atoms with Crippen LogP contribution in [-0.2, 0) is 19.5 Å². The minimum atomic E-state index is -0.532. The molecule has 0 radical (unpaired) electrons. The Labute approximate surface area is 124 Å². The number of benzene rings is 1. The molecule has 0 saturated heterocycles. The number of aromatic nitrogens is 1. The topological polar surface area (TPSA) is 45.5 Å². The molecule has 0 fully saturated rings. The van der Waals surface area contributed by atoms with Crippen molar-refractivity contribution in [3.8, 4) is 0 Å². The number of β-amino-alcohol motifs (C(OH)–C–C–N with tert-alkyl or cyclic N) is 1. The average Bonchev–Trinajstić information content (AvgIpc) is 2.49. The largest absolute Gasteiger partial charge is 0.390 e. The van der Waals surface area contributed by atoms with E-state index < -0.39 is 6.10 Å². The highest BCUT2D eigenvalue weighted by molar-refractivity contribution is 5.29. The molecule has 1 aliphatic rings. The van der Waals surface area contributed by atoms with Gasteiger partial charge < -0.3 is 9.67 Å². The van der Waals surface area contributed by atoms with Crippen LogP contribution in [0.3, 0.4) is 0 Å². The van der Waals surface area contributed by atoms with Gasteiger partial charge in [-0.25, -0.2) is 0 Å². The molecule has 1 atom stereocenters. The molecular formula is C17H20N2O2. The van der Waals surface area contributed by atoms with E-state index in [1.165, 1.54) is 17.2 Å². The number of pyridine rings is 1. The number of nitrogens with zero attached hydrogens (tertiary/aromatic N) is 2. The number of fused-ring (bicyclic) bond motifs is 1. The van der Waals surface area contributed by atoms with E-state index in [0.29, 0.717) is 13.1 Å². The van der Waals surface area contributed by atoms with Gasteiger partial charge in [-0.2, -0.15) is 0 Å². The van der Waals surface area contributed by atoms with Crippen molar-refractivity contribution in [2.24, 2.45) is 0 Å². The van der Waals surface area contributed by atoms with Crippen LogP contribution < -0.4 is 5.56 Å². The van der Waals surface area contributed by atoms with E-state index in [-0.39, 0.29) is 5.56 Å². The molecule has 2 aromatic rings. The van der Waals surface area contributed by atoms with E-state index in [2.05, 4.69) is 29.2 Å². The zero-order chi connectivity index (χ0) is 14.7. The Kier molecular flexibility index (Phi) is 4.18. The first-order chi connectivity index (χ1) is 10.2. The van der Waals surface area contributed by atoms with Crippen LogP contribution in [0.15, 0.2) is 53.5 Å². The lowest BCUT2D eigenvalue weighted by Crippen LogP contribution is -2.39. The summed E-state index contributed by atoms with van der Waals surface area (Å²) < 4.78 is 1.56. The second-order valence-electron chi connectivity index (χ2n) is 5.60. The predicted octanol–water partition coefficient (Wildman–Crippen LogP) is 1.27. The molecule has 1 aromatic heterocycles. The van der Waals surface area contributed by atoms with Gasteiger partial charge in [0.1, 0.15) is 0 Å². The van der Waals surface area contributed by atoms with Crippen molar-refractivity contribution < 1.29 is 5.11 Å². The van der Waals surface area contributed by atoms with Crippen LogP contribution in [0.1, 0.15) is 11.1 Å². The Morgan fingerprint density at radius 1 is 1.05 bits per heavy atom. The summed E-state index contributed by atoms with van der Waals surface area (Å²) in [5.41, 5.74) is 2.68. The summed E-state index contributed by atoms with van der Waals surface area (Å²) in [6, 6.07) is 13.5. The molecule has 1 aromatic carbocycles. The van der Waals surface area contributed by atoms with Gasteiger partial charge in [-0.3, -0.25) is 9.69 Å². The summed E-state index contributed by atoms with van der Waals surface area (Å²) in [5, 5.41) is 10.2. The van der Waals surface area contributed by atoms with E-state index >= 15 is 0 Å². The molecule has 4 heteroatoms. The zero-order valence-electron chi connectivity index (χ0n) is 12.0. The molecule has 110 valence electrons. The first-order valence-electron chi connectivity index (χ1n) is 7.35. The Hall–Kier alpha value is -1.91. The minimum Gasteiger partial charge on any atom is -0.390 e. The monoisotopic (exact) mass is 284 g/mol. The maximum absolute atomic E-state index is 11.6. The van der Waals surface area contributed by atoms with Crippen molar-refractivity contribution in [2.75, 3.05) is 13.1 Å². The first-order valence-corrected chi connectivity index (χ1v) is 7.35. The second-order valence-corrected chi connectivity index (χ2v) is 5.60. The molecule has 1 aliphatic heterocycles. The van der Waals surface area contributed by atoms with Crippen LogP contribution in [0.5, 0.6) is 0 Å². The Morgan fingerprint density at radius 2 is 1.81 bits per heavy atom. The highest BCUT2D eigenvalue weighted by atomic mass is 16.3. The third-order valence-electron chi connectivity index (χ3n) is 3.99. The van der Waals surface area contributed by atoms with Gasteiger partial charge >= 0.3 is 0 Å². The van der Waals surface area contributed by atoms with Gasteiger partial charge in [0.15, 0.2) is 0 Å². The van der Waals surface area contributed by atoms with E-state index in [1.807, 2.05) is 6.07 Å². The molecule has 1 unspecified atom stereocenters. The first kappa shape index (κ1) is 14.0. The summed E-state index contributed by atoms with van der Waals surface area (Å²) >= 11 is 0. The van der Waals surface area contributed by atoms with Gasteiger partial charge in [0.05, 0.1) is 12.6 Å². The van der Waals surface area contributed by atoms with Gasteiger partial charge in [-0.1, -0.05) is 30.3 Å². The average molecular weight is 284 g/mol. The van der Waals surface area contributed by atoms with Crippen molar-refractivity contribution >= 4 is 0 Å². The van der Waals surface area contributed by atoms with Crippen molar-refractivity contribution in [2.45, 2.75) is 25.6 Å². The molecular weight excluding hydrogens is 264 g/mol. The molecule has 4 nitrogen and oxygen atoms in total. The molecule has 0 aliphatic carbocycles. The molecule has 2 heterocycles. The van der Waals surface area contributed by atoms with E-state index in [9.17, 15) is 9.90 Å². The van der Waals surface area contributed by atoms with Gasteiger partial charge in [0.25, 0.3) is 5.56 Å². The third-order valence-corrected chi connectivity index (χ3v) is 3.99. The van der Waals surface area contributed by atoms with E-state index in [0.717, 1.165) is 19.5 Å². The molecule has 3 rings (SSSR count). The SMILES string of the molecule is O=c1ccccn1CC(O)CN1CCc2ccccc2C1. The van der Waals surface area contributed by atoms with Crippen molar-refractivity contribution in [1.29, 1.82) is 0 Å². The quantitative estimate of drug-likeness (QED) is 0.919. The van der Waals surface area contributed by atoms with Crippen molar-refractivity contribution in [3.05, 3.63) is 70.1 Å². The summed E-state index contributed by atoms with van der Waals surface area (Å²) in [4.78, 5) is 13.9. The van der Waals surface area contributed by atoms with Crippen LogP contribution in [0, 0.1) is 0 Å². The van der Waals surface area contributed by atoms with Gasteiger partial charge in [0.2, 0.25) is 0 Å². The fourth-order valence-corrected chi connectivity index (χ4v) is 2.90. The molecule has 21 heavy (non-hydrogen) atoms. The highest BCUT2D eigenvalue weighted by Gasteiger charge is 2.18. The molecule has 0 amide bonds. The maximum Gasteiger partial charge on any atom is 0.250 e.